The fourth-order valence-corrected chi connectivity index (χ4v) is 4.99. The van der Waals surface area contributed by atoms with Gasteiger partial charge in [-0.25, -0.2) is 8.42 Å². The quantitative estimate of drug-likeness (QED) is 0.593. The number of anilines is 1. The van der Waals surface area contributed by atoms with Crippen molar-refractivity contribution < 1.29 is 26.3 Å². The van der Waals surface area contributed by atoms with Crippen LogP contribution >= 0.6 is 22.7 Å². The molecule has 0 radical (unpaired) electrons. The summed E-state index contributed by atoms with van der Waals surface area (Å²) in [5.74, 6) is 0.249. The van der Waals surface area contributed by atoms with E-state index < -0.39 is 21.9 Å². The number of sulfonamides is 1. The van der Waals surface area contributed by atoms with Crippen molar-refractivity contribution in [2.24, 2.45) is 0 Å². The molecule has 0 N–H and O–H groups in total. The van der Waals surface area contributed by atoms with Crippen LogP contribution in [0.2, 0.25) is 0 Å². The summed E-state index contributed by atoms with van der Waals surface area (Å²) in [6, 6.07) is 9.08. The lowest BCUT2D eigenvalue weighted by molar-refractivity contribution is -0.140. The zero-order valence-corrected chi connectivity index (χ0v) is 15.5. The highest BCUT2D eigenvalue weighted by atomic mass is 32.2. The molecule has 5 nitrogen and oxygen atoms in total. The third-order valence-corrected chi connectivity index (χ3v) is 7.16. The number of nitrogens with zero attached hydrogens (tertiary/aromatic N) is 2. The number of ether oxygens (including phenoxy) is 1. The smallest absolute Gasteiger partial charge is 0.431 e. The van der Waals surface area contributed by atoms with E-state index in [1.54, 1.807) is 11.4 Å². The van der Waals surface area contributed by atoms with Crippen molar-refractivity contribution in [1.82, 2.24) is 4.98 Å². The maximum atomic E-state index is 12.5. The molecule has 26 heavy (non-hydrogen) atoms. The lowest BCUT2D eigenvalue weighted by Crippen LogP contribution is -2.25. The van der Waals surface area contributed by atoms with Gasteiger partial charge in [0.1, 0.15) is 9.96 Å². The van der Waals surface area contributed by atoms with Crippen molar-refractivity contribution in [3.63, 3.8) is 0 Å². The summed E-state index contributed by atoms with van der Waals surface area (Å²) in [7, 11) is -2.24. The van der Waals surface area contributed by atoms with Crippen LogP contribution in [-0.4, -0.2) is 20.4 Å². The molecule has 0 bridgehead atoms. The van der Waals surface area contributed by atoms with Crippen LogP contribution in [0.4, 0.5) is 18.9 Å². The largest absolute Gasteiger partial charge is 0.434 e. The number of thiazole rings is 1. The maximum Gasteiger partial charge on any atom is 0.434 e. The number of hydrogen-bond acceptors (Lipinski definition) is 6. The Labute approximate surface area is 155 Å². The first-order valence-electron chi connectivity index (χ1n) is 7.01. The van der Waals surface area contributed by atoms with E-state index in [0.717, 1.165) is 32.4 Å². The number of halogens is 3. The lowest BCUT2D eigenvalue weighted by atomic mass is 10.3. The Bertz CT molecular complexity index is 981. The van der Waals surface area contributed by atoms with E-state index >= 15 is 0 Å². The standard InChI is InChI=1S/C15H11F3N2O3S3/c1-20(26(21,22)13-3-2-8-24-13)10-4-6-11(7-5-10)23-14-19-12(9-25-14)15(16,17)18/h2-9H,1H3. The summed E-state index contributed by atoms with van der Waals surface area (Å²) >= 11 is 1.83. The van der Waals surface area contributed by atoms with E-state index in [-0.39, 0.29) is 15.2 Å². The predicted molar refractivity (Wildman–Crippen MR) is 93.5 cm³/mol. The summed E-state index contributed by atoms with van der Waals surface area (Å²) in [5, 5.41) is 2.39. The Morgan fingerprint density at radius 3 is 2.35 bits per heavy atom. The summed E-state index contributed by atoms with van der Waals surface area (Å²) in [6.45, 7) is 0. The predicted octanol–water partition coefficient (Wildman–Crippen LogP) is 4.84. The molecule has 0 saturated heterocycles. The molecule has 0 saturated carbocycles. The van der Waals surface area contributed by atoms with Gasteiger partial charge in [-0.05, 0) is 35.7 Å². The molecule has 11 heteroatoms. The van der Waals surface area contributed by atoms with Crippen molar-refractivity contribution in [1.29, 1.82) is 0 Å². The molecule has 3 rings (SSSR count). The molecule has 0 spiro atoms. The molecule has 0 fully saturated rings. The van der Waals surface area contributed by atoms with Gasteiger partial charge < -0.3 is 4.74 Å². The monoisotopic (exact) mass is 420 g/mol. The van der Waals surface area contributed by atoms with Crippen LogP contribution in [0, 0.1) is 0 Å². The van der Waals surface area contributed by atoms with Gasteiger partial charge in [0, 0.05) is 12.4 Å². The molecular weight excluding hydrogens is 409 g/mol. The van der Waals surface area contributed by atoms with Gasteiger partial charge in [-0.2, -0.15) is 18.2 Å². The van der Waals surface area contributed by atoms with Crippen LogP contribution in [0.25, 0.3) is 0 Å². The Kier molecular flexibility index (Phi) is 4.95. The molecular formula is C15H11F3N2O3S3. The van der Waals surface area contributed by atoms with Crippen molar-refractivity contribution in [3.8, 4) is 10.9 Å². The Morgan fingerprint density at radius 2 is 1.81 bits per heavy atom. The number of thiophene rings is 1. The molecule has 2 heterocycles. The zero-order valence-electron chi connectivity index (χ0n) is 13.1. The Balaban J connectivity index is 1.75. The van der Waals surface area contributed by atoms with E-state index in [1.165, 1.54) is 37.4 Å². The molecule has 138 valence electrons. The van der Waals surface area contributed by atoms with Crippen LogP contribution in [0.3, 0.4) is 0 Å². The van der Waals surface area contributed by atoms with Crippen LogP contribution in [-0.2, 0) is 16.2 Å². The topological polar surface area (TPSA) is 59.5 Å². The second kappa shape index (κ2) is 6.89. The van der Waals surface area contributed by atoms with Crippen molar-refractivity contribution in [2.45, 2.75) is 10.4 Å². The molecule has 2 aromatic heterocycles. The van der Waals surface area contributed by atoms with Crippen molar-refractivity contribution in [2.75, 3.05) is 11.4 Å². The third-order valence-electron chi connectivity index (χ3n) is 3.29. The molecule has 0 aliphatic rings. The van der Waals surface area contributed by atoms with Gasteiger partial charge >= 0.3 is 6.18 Å². The zero-order chi connectivity index (χ0) is 18.9. The van der Waals surface area contributed by atoms with E-state index in [2.05, 4.69) is 4.98 Å². The summed E-state index contributed by atoms with van der Waals surface area (Å²) in [5.41, 5.74) is -0.628. The van der Waals surface area contributed by atoms with E-state index in [1.807, 2.05) is 0 Å². The average molecular weight is 420 g/mol. The SMILES string of the molecule is CN(c1ccc(Oc2nc(C(F)(F)F)cs2)cc1)S(=O)(=O)c1cccs1. The maximum absolute atomic E-state index is 12.5. The van der Waals surface area contributed by atoms with Gasteiger partial charge in [-0.3, -0.25) is 4.31 Å². The minimum absolute atomic E-state index is 0.148. The van der Waals surface area contributed by atoms with E-state index in [4.69, 9.17) is 4.74 Å². The highest BCUT2D eigenvalue weighted by Crippen LogP contribution is 2.34. The second-order valence-corrected chi connectivity index (χ2v) is 8.96. The molecule has 0 amide bonds. The van der Waals surface area contributed by atoms with Gasteiger partial charge in [0.25, 0.3) is 15.2 Å². The number of benzene rings is 1. The number of hydrogen-bond donors (Lipinski definition) is 0. The number of rotatable bonds is 5. The highest BCUT2D eigenvalue weighted by Gasteiger charge is 2.34. The van der Waals surface area contributed by atoms with Crippen molar-refractivity contribution in [3.05, 3.63) is 52.9 Å². The molecule has 0 unspecified atom stereocenters. The van der Waals surface area contributed by atoms with Gasteiger partial charge in [-0.15, -0.1) is 11.3 Å². The van der Waals surface area contributed by atoms with Gasteiger partial charge in [-0.1, -0.05) is 17.4 Å². The first kappa shape index (κ1) is 18.7. The Morgan fingerprint density at radius 1 is 1.12 bits per heavy atom. The van der Waals surface area contributed by atoms with Gasteiger partial charge in [0.05, 0.1) is 5.69 Å². The number of aromatic nitrogens is 1. The van der Waals surface area contributed by atoms with E-state index in [9.17, 15) is 21.6 Å². The van der Waals surface area contributed by atoms with Crippen LogP contribution in [0.15, 0.2) is 51.4 Å². The average Bonchev–Trinajstić information content (AvgIpc) is 3.26. The lowest BCUT2D eigenvalue weighted by Gasteiger charge is -2.18. The molecule has 1 aromatic carbocycles. The normalized spacial score (nSPS) is 12.2. The highest BCUT2D eigenvalue weighted by molar-refractivity contribution is 7.94. The molecule has 0 aliphatic carbocycles. The summed E-state index contributed by atoms with van der Waals surface area (Å²) in [4.78, 5) is 3.37. The van der Waals surface area contributed by atoms with Crippen LogP contribution < -0.4 is 9.04 Å². The molecule has 3 aromatic rings. The minimum Gasteiger partial charge on any atom is -0.431 e. The summed E-state index contributed by atoms with van der Waals surface area (Å²) < 4.78 is 69.1. The second-order valence-electron chi connectivity index (χ2n) is 5.00. The first-order valence-corrected chi connectivity index (χ1v) is 10.2. The Hall–Kier alpha value is -2.11. The van der Waals surface area contributed by atoms with Crippen molar-refractivity contribution >= 4 is 38.4 Å². The third kappa shape index (κ3) is 3.84. The molecule has 0 atom stereocenters. The molecule has 0 aliphatic heterocycles. The van der Waals surface area contributed by atoms with Gasteiger partial charge in [0.15, 0.2) is 5.69 Å². The van der Waals surface area contributed by atoms with Crippen LogP contribution in [0.1, 0.15) is 5.69 Å². The first-order chi connectivity index (χ1) is 12.2. The minimum atomic E-state index is -4.53. The fraction of sp³-hybridized carbons (Fsp3) is 0.133. The number of alkyl halides is 3. The summed E-state index contributed by atoms with van der Waals surface area (Å²) in [6.07, 6.45) is -4.53. The fourth-order valence-electron chi connectivity index (χ4n) is 1.94. The van der Waals surface area contributed by atoms with Crippen LogP contribution in [0.5, 0.6) is 10.9 Å². The van der Waals surface area contributed by atoms with E-state index in [0.29, 0.717) is 5.69 Å². The van der Waals surface area contributed by atoms with Gasteiger partial charge in [0.2, 0.25) is 0 Å².